The lowest BCUT2D eigenvalue weighted by molar-refractivity contribution is 0.249. The highest BCUT2D eigenvalue weighted by Gasteiger charge is 2.56. The van der Waals surface area contributed by atoms with Crippen LogP contribution in [-0.4, -0.2) is 12.1 Å². The summed E-state index contributed by atoms with van der Waals surface area (Å²) in [5.74, 6) is 1.02. The van der Waals surface area contributed by atoms with Gasteiger partial charge in [0.25, 0.3) is 0 Å². The molecular formula is C11H21N. The predicted octanol–water partition coefficient (Wildman–Crippen LogP) is 2.56. The molecule has 1 N–H and O–H groups in total. The highest BCUT2D eigenvalue weighted by molar-refractivity contribution is 5.08. The maximum Gasteiger partial charge on any atom is 0.00966 e. The third kappa shape index (κ3) is 1.52. The summed E-state index contributed by atoms with van der Waals surface area (Å²) in [4.78, 5) is 0. The third-order valence-electron chi connectivity index (χ3n) is 3.59. The lowest BCUT2D eigenvalue weighted by Crippen LogP contribution is -2.38. The zero-order valence-corrected chi connectivity index (χ0v) is 8.61. The molecule has 2 aliphatic carbocycles. The molecule has 0 aromatic carbocycles. The molecule has 2 fully saturated rings. The van der Waals surface area contributed by atoms with Gasteiger partial charge < -0.3 is 5.32 Å². The molecule has 0 heterocycles. The molecule has 2 saturated carbocycles. The lowest BCUT2D eigenvalue weighted by Gasteiger charge is -2.28. The Kier molecular flexibility index (Phi) is 1.76. The van der Waals surface area contributed by atoms with Crippen LogP contribution in [0, 0.1) is 11.3 Å². The van der Waals surface area contributed by atoms with E-state index in [4.69, 9.17) is 0 Å². The van der Waals surface area contributed by atoms with Gasteiger partial charge in [-0.25, -0.2) is 0 Å². The van der Waals surface area contributed by atoms with Crippen molar-refractivity contribution in [3.63, 3.8) is 0 Å². The zero-order valence-electron chi connectivity index (χ0n) is 8.61. The van der Waals surface area contributed by atoms with Gasteiger partial charge in [0.2, 0.25) is 0 Å². The van der Waals surface area contributed by atoms with Crippen molar-refractivity contribution >= 4 is 0 Å². The maximum atomic E-state index is 3.61. The molecule has 1 unspecified atom stereocenters. The minimum Gasteiger partial charge on any atom is -0.312 e. The highest BCUT2D eigenvalue weighted by Crippen LogP contribution is 2.65. The largest absolute Gasteiger partial charge is 0.312 e. The normalized spacial score (nSPS) is 31.8. The van der Waals surface area contributed by atoms with E-state index in [2.05, 4.69) is 26.1 Å². The molecule has 0 aliphatic heterocycles. The quantitative estimate of drug-likeness (QED) is 0.666. The van der Waals surface area contributed by atoms with E-state index in [1.165, 1.54) is 32.2 Å². The molecular weight excluding hydrogens is 146 g/mol. The van der Waals surface area contributed by atoms with E-state index in [1.54, 1.807) is 0 Å². The van der Waals surface area contributed by atoms with Crippen molar-refractivity contribution in [3.8, 4) is 0 Å². The van der Waals surface area contributed by atoms with E-state index in [-0.39, 0.29) is 0 Å². The second kappa shape index (κ2) is 2.47. The summed E-state index contributed by atoms with van der Waals surface area (Å²) in [6.07, 6.45) is 6.04. The molecule has 2 aliphatic rings. The summed E-state index contributed by atoms with van der Waals surface area (Å²) >= 11 is 0. The number of hydrogen-bond donors (Lipinski definition) is 1. The Morgan fingerprint density at radius 1 is 1.33 bits per heavy atom. The fraction of sp³-hybridized carbons (Fsp3) is 1.00. The van der Waals surface area contributed by atoms with Gasteiger partial charge in [0.15, 0.2) is 0 Å². The average Bonchev–Trinajstić information content (AvgIpc) is 2.53. The van der Waals surface area contributed by atoms with Crippen LogP contribution in [0.5, 0.6) is 0 Å². The van der Waals surface area contributed by atoms with Gasteiger partial charge in [-0.05, 0) is 57.9 Å². The first kappa shape index (κ1) is 8.55. The van der Waals surface area contributed by atoms with E-state index in [0.717, 1.165) is 11.3 Å². The molecule has 0 radical (unpaired) electrons. The molecule has 2 rings (SSSR count). The second-order valence-electron chi connectivity index (χ2n) is 5.75. The number of nitrogens with one attached hydrogen (secondary N) is 1. The fourth-order valence-electron chi connectivity index (χ4n) is 2.39. The van der Waals surface area contributed by atoms with Gasteiger partial charge in [-0.15, -0.1) is 0 Å². The van der Waals surface area contributed by atoms with Gasteiger partial charge in [-0.2, -0.15) is 0 Å². The van der Waals surface area contributed by atoms with Crippen LogP contribution in [0.3, 0.4) is 0 Å². The number of rotatable bonds is 2. The van der Waals surface area contributed by atoms with Crippen LogP contribution in [0.2, 0.25) is 0 Å². The lowest BCUT2D eigenvalue weighted by atomic mass is 9.80. The topological polar surface area (TPSA) is 12.0 Å². The molecule has 1 spiro atoms. The van der Waals surface area contributed by atoms with Crippen LogP contribution in [0.1, 0.15) is 46.5 Å². The summed E-state index contributed by atoms with van der Waals surface area (Å²) in [7, 11) is 0. The summed E-state index contributed by atoms with van der Waals surface area (Å²) in [6, 6.07) is 0. The smallest absolute Gasteiger partial charge is 0.00966 e. The van der Waals surface area contributed by atoms with Gasteiger partial charge in [-0.3, -0.25) is 0 Å². The minimum atomic E-state index is 0.313. The van der Waals surface area contributed by atoms with Gasteiger partial charge in [-0.1, -0.05) is 6.42 Å². The Hall–Kier alpha value is -0.0400. The Bertz CT molecular complexity index is 174. The first-order valence-electron chi connectivity index (χ1n) is 5.27. The Balaban J connectivity index is 1.70. The Morgan fingerprint density at radius 2 is 2.00 bits per heavy atom. The van der Waals surface area contributed by atoms with Crippen LogP contribution < -0.4 is 5.32 Å². The standard InChI is InChI=1S/C11H21N/c1-10(2,3)12-8-9-7-11(9)5-4-6-11/h9,12H,4-8H2,1-3H3. The van der Waals surface area contributed by atoms with Crippen molar-refractivity contribution in [3.05, 3.63) is 0 Å². The molecule has 0 aromatic heterocycles. The molecule has 12 heavy (non-hydrogen) atoms. The van der Waals surface area contributed by atoms with Crippen molar-refractivity contribution < 1.29 is 0 Å². The van der Waals surface area contributed by atoms with Crippen molar-refractivity contribution in [1.29, 1.82) is 0 Å². The van der Waals surface area contributed by atoms with E-state index in [9.17, 15) is 0 Å². The third-order valence-corrected chi connectivity index (χ3v) is 3.59. The van der Waals surface area contributed by atoms with Gasteiger partial charge in [0.05, 0.1) is 0 Å². The first-order chi connectivity index (χ1) is 5.52. The Labute approximate surface area is 75.9 Å². The summed E-state index contributed by atoms with van der Waals surface area (Å²) < 4.78 is 0. The molecule has 0 bridgehead atoms. The number of hydrogen-bond acceptors (Lipinski definition) is 1. The van der Waals surface area contributed by atoms with E-state index >= 15 is 0 Å². The first-order valence-corrected chi connectivity index (χ1v) is 5.27. The average molecular weight is 167 g/mol. The molecule has 1 heteroatoms. The SMILES string of the molecule is CC(C)(C)NCC1CC12CCC2. The maximum absolute atomic E-state index is 3.61. The van der Waals surface area contributed by atoms with Crippen LogP contribution in [-0.2, 0) is 0 Å². The van der Waals surface area contributed by atoms with Gasteiger partial charge >= 0.3 is 0 Å². The second-order valence-corrected chi connectivity index (χ2v) is 5.75. The zero-order chi connectivity index (χ0) is 8.82. The molecule has 1 nitrogen and oxygen atoms in total. The summed E-state index contributed by atoms with van der Waals surface area (Å²) in [6.45, 7) is 8.01. The predicted molar refractivity (Wildman–Crippen MR) is 52.1 cm³/mol. The Morgan fingerprint density at radius 3 is 2.33 bits per heavy atom. The molecule has 1 atom stereocenters. The molecule has 70 valence electrons. The summed E-state index contributed by atoms with van der Waals surface area (Å²) in [5.41, 5.74) is 1.16. The van der Waals surface area contributed by atoms with Crippen LogP contribution >= 0.6 is 0 Å². The minimum absolute atomic E-state index is 0.313. The molecule has 0 saturated heterocycles. The summed E-state index contributed by atoms with van der Waals surface area (Å²) in [5, 5.41) is 3.61. The van der Waals surface area contributed by atoms with E-state index in [1.807, 2.05) is 0 Å². The highest BCUT2D eigenvalue weighted by atomic mass is 15.0. The molecule has 0 aromatic rings. The van der Waals surface area contributed by atoms with Crippen LogP contribution in [0.15, 0.2) is 0 Å². The van der Waals surface area contributed by atoms with Crippen molar-refractivity contribution in [2.24, 2.45) is 11.3 Å². The van der Waals surface area contributed by atoms with E-state index in [0.29, 0.717) is 5.54 Å². The van der Waals surface area contributed by atoms with Crippen molar-refractivity contribution in [2.45, 2.75) is 52.0 Å². The van der Waals surface area contributed by atoms with Crippen LogP contribution in [0.25, 0.3) is 0 Å². The fourth-order valence-corrected chi connectivity index (χ4v) is 2.39. The van der Waals surface area contributed by atoms with Crippen molar-refractivity contribution in [1.82, 2.24) is 5.32 Å². The van der Waals surface area contributed by atoms with Gasteiger partial charge in [0.1, 0.15) is 0 Å². The monoisotopic (exact) mass is 167 g/mol. The molecule has 0 amide bonds. The van der Waals surface area contributed by atoms with Crippen molar-refractivity contribution in [2.75, 3.05) is 6.54 Å². The van der Waals surface area contributed by atoms with E-state index < -0.39 is 0 Å². The van der Waals surface area contributed by atoms with Gasteiger partial charge in [0, 0.05) is 5.54 Å². The van der Waals surface area contributed by atoms with Crippen LogP contribution in [0.4, 0.5) is 0 Å².